The largest absolute Gasteiger partial charge is 0.487 e. The van der Waals surface area contributed by atoms with Gasteiger partial charge in [-0.1, -0.05) is 71.0 Å². The number of thioether (sulfide) groups is 1. The standard InChI is InChI=1S/C41H41F3N4O4S/c1-6-40(7-2,38(50)51)29(20-24-12-14-25(15-13-24)30-18-16-26(22-45-30)41(42,43)44)35-36(53-39(3,4)5)28-21-27(17-19-31(28)47-35)52-23-34-37(49)48-33-11-9-8-10-32(33)46-34/h8-19,21-22,29,47H,6-7,20,23H2,1-5H3,(H,48,49)(H,50,51). The van der Waals surface area contributed by atoms with Crippen LogP contribution in [0.15, 0.2) is 94.7 Å². The summed E-state index contributed by atoms with van der Waals surface area (Å²) < 4.78 is 45.2. The van der Waals surface area contributed by atoms with Crippen LogP contribution >= 0.6 is 11.8 Å². The first-order valence-corrected chi connectivity index (χ1v) is 18.2. The van der Waals surface area contributed by atoms with E-state index in [2.05, 4.69) is 40.7 Å². The summed E-state index contributed by atoms with van der Waals surface area (Å²) in [5.41, 5.74) is 2.85. The molecule has 3 heterocycles. The Hall–Kier alpha value is -5.10. The van der Waals surface area contributed by atoms with E-state index in [1.165, 1.54) is 6.07 Å². The number of hydrogen-bond acceptors (Lipinski definition) is 6. The third-order valence-electron chi connectivity index (χ3n) is 9.69. The first-order valence-electron chi connectivity index (χ1n) is 17.4. The maximum Gasteiger partial charge on any atom is 0.417 e. The number of alkyl halides is 3. The molecular weight excluding hydrogens is 702 g/mol. The van der Waals surface area contributed by atoms with Gasteiger partial charge in [0.25, 0.3) is 5.56 Å². The fourth-order valence-corrected chi connectivity index (χ4v) is 7.98. The number of hydrogen-bond donors (Lipinski definition) is 3. The second-order valence-corrected chi connectivity index (χ2v) is 16.0. The van der Waals surface area contributed by atoms with E-state index in [0.29, 0.717) is 47.3 Å². The van der Waals surface area contributed by atoms with Crippen molar-refractivity contribution in [2.75, 3.05) is 0 Å². The van der Waals surface area contributed by atoms with Crippen molar-refractivity contribution >= 4 is 39.7 Å². The van der Waals surface area contributed by atoms with Crippen LogP contribution in [0.2, 0.25) is 0 Å². The number of carboxylic acids is 1. The summed E-state index contributed by atoms with van der Waals surface area (Å²) in [5.74, 6) is -0.833. The number of pyridine rings is 1. The molecule has 1 unspecified atom stereocenters. The van der Waals surface area contributed by atoms with Crippen molar-refractivity contribution in [2.45, 2.75) is 82.2 Å². The van der Waals surface area contributed by atoms with Gasteiger partial charge in [-0.25, -0.2) is 4.98 Å². The summed E-state index contributed by atoms with van der Waals surface area (Å²) in [4.78, 5) is 41.9. The third kappa shape index (κ3) is 7.97. The van der Waals surface area contributed by atoms with Gasteiger partial charge >= 0.3 is 12.1 Å². The van der Waals surface area contributed by atoms with E-state index < -0.39 is 29.0 Å². The summed E-state index contributed by atoms with van der Waals surface area (Å²) in [6.07, 6.45) is -2.50. The summed E-state index contributed by atoms with van der Waals surface area (Å²) in [5, 5.41) is 11.7. The Morgan fingerprint density at radius 1 is 0.925 bits per heavy atom. The van der Waals surface area contributed by atoms with Crippen LogP contribution in [0.3, 0.4) is 0 Å². The Labute approximate surface area is 309 Å². The number of nitrogens with zero attached hydrogens (tertiary/aromatic N) is 2. The van der Waals surface area contributed by atoms with Crippen molar-refractivity contribution in [3.63, 3.8) is 0 Å². The quantitative estimate of drug-likeness (QED) is 0.107. The van der Waals surface area contributed by atoms with Crippen LogP contribution in [-0.2, 0) is 24.0 Å². The summed E-state index contributed by atoms with van der Waals surface area (Å²) in [6.45, 7) is 10.1. The Kier molecular flexibility index (Phi) is 10.5. The lowest BCUT2D eigenvalue weighted by Crippen LogP contribution is -2.38. The summed E-state index contributed by atoms with van der Waals surface area (Å²) in [7, 11) is 0. The smallest absolute Gasteiger partial charge is 0.417 e. The Morgan fingerprint density at radius 2 is 1.64 bits per heavy atom. The average molecular weight is 743 g/mol. The Bertz CT molecular complexity index is 2310. The van der Waals surface area contributed by atoms with Crippen LogP contribution < -0.4 is 10.3 Å². The Balaban J connectivity index is 1.38. The molecule has 0 fully saturated rings. The molecule has 0 amide bonds. The van der Waals surface area contributed by atoms with E-state index in [9.17, 15) is 27.9 Å². The number of fused-ring (bicyclic) bond motifs is 2. The van der Waals surface area contributed by atoms with E-state index in [0.717, 1.165) is 39.3 Å². The number of aromatic amines is 2. The lowest BCUT2D eigenvalue weighted by molar-refractivity contribution is -0.151. The molecule has 0 aliphatic rings. The van der Waals surface area contributed by atoms with Crippen molar-refractivity contribution in [3.05, 3.63) is 118 Å². The average Bonchev–Trinajstić information content (AvgIpc) is 3.46. The minimum absolute atomic E-state index is 0.0426. The molecule has 6 rings (SSSR count). The monoisotopic (exact) mass is 742 g/mol. The highest BCUT2D eigenvalue weighted by Gasteiger charge is 2.46. The predicted molar refractivity (Wildman–Crippen MR) is 202 cm³/mol. The van der Waals surface area contributed by atoms with Crippen LogP contribution in [0.1, 0.15) is 75.9 Å². The molecular formula is C41H41F3N4O4S. The molecule has 0 radical (unpaired) electrons. The van der Waals surface area contributed by atoms with Gasteiger partial charge in [0, 0.05) is 43.9 Å². The minimum Gasteiger partial charge on any atom is -0.487 e. The normalized spacial score (nSPS) is 13.1. The molecule has 0 saturated heterocycles. The molecule has 0 saturated carbocycles. The molecule has 0 bridgehead atoms. The maximum atomic E-state index is 13.3. The van der Waals surface area contributed by atoms with E-state index in [1.54, 1.807) is 30.0 Å². The topological polar surface area (TPSA) is 121 Å². The van der Waals surface area contributed by atoms with Crippen LogP contribution in [0, 0.1) is 5.41 Å². The molecule has 8 nitrogen and oxygen atoms in total. The van der Waals surface area contributed by atoms with Gasteiger partial charge in [0.05, 0.1) is 27.7 Å². The molecule has 0 spiro atoms. The maximum absolute atomic E-state index is 13.3. The van der Waals surface area contributed by atoms with Crippen LogP contribution in [-0.4, -0.2) is 35.8 Å². The number of benzene rings is 3. The summed E-state index contributed by atoms with van der Waals surface area (Å²) in [6, 6.07) is 22.7. The van der Waals surface area contributed by atoms with Gasteiger partial charge in [-0.2, -0.15) is 13.2 Å². The zero-order valence-electron chi connectivity index (χ0n) is 30.1. The molecule has 53 heavy (non-hydrogen) atoms. The Morgan fingerprint density at radius 3 is 2.26 bits per heavy atom. The molecule has 6 aromatic rings. The number of para-hydroxylation sites is 2. The molecule has 0 aliphatic heterocycles. The van der Waals surface area contributed by atoms with Gasteiger partial charge in [0.1, 0.15) is 18.1 Å². The number of carboxylic acid groups (broad SMARTS) is 1. The zero-order valence-corrected chi connectivity index (χ0v) is 30.9. The summed E-state index contributed by atoms with van der Waals surface area (Å²) >= 11 is 1.65. The van der Waals surface area contributed by atoms with Crippen molar-refractivity contribution in [1.82, 2.24) is 19.9 Å². The lowest BCUT2D eigenvalue weighted by Gasteiger charge is -2.36. The predicted octanol–water partition coefficient (Wildman–Crippen LogP) is 10.2. The van der Waals surface area contributed by atoms with Crippen molar-refractivity contribution in [1.29, 1.82) is 0 Å². The molecule has 276 valence electrons. The number of nitrogens with one attached hydrogen (secondary N) is 2. The molecule has 3 N–H and O–H groups in total. The highest BCUT2D eigenvalue weighted by molar-refractivity contribution is 8.00. The first kappa shape index (κ1) is 37.7. The van der Waals surface area contributed by atoms with E-state index in [1.807, 2.05) is 62.4 Å². The molecule has 1 atom stereocenters. The molecule has 0 aliphatic carbocycles. The fraction of sp³-hybridized carbons (Fsp3) is 0.317. The van der Waals surface area contributed by atoms with Gasteiger partial charge in [0.2, 0.25) is 0 Å². The fourth-order valence-electron chi connectivity index (χ4n) is 6.78. The van der Waals surface area contributed by atoms with Crippen LogP contribution in [0.5, 0.6) is 5.75 Å². The van der Waals surface area contributed by atoms with Crippen LogP contribution in [0.25, 0.3) is 33.2 Å². The van der Waals surface area contributed by atoms with E-state index in [4.69, 9.17) is 4.74 Å². The minimum atomic E-state index is -4.48. The first-order chi connectivity index (χ1) is 25.1. The molecule has 3 aromatic heterocycles. The van der Waals surface area contributed by atoms with Gasteiger partial charge in [0.15, 0.2) is 0 Å². The zero-order chi connectivity index (χ0) is 38.1. The highest BCUT2D eigenvalue weighted by Crippen LogP contribution is 2.50. The number of ether oxygens (including phenoxy) is 1. The number of rotatable bonds is 12. The van der Waals surface area contributed by atoms with Gasteiger partial charge in [-0.05, 0) is 67.3 Å². The number of H-pyrrole nitrogens is 2. The number of halogens is 3. The van der Waals surface area contributed by atoms with E-state index >= 15 is 0 Å². The lowest BCUT2D eigenvalue weighted by atomic mass is 9.67. The SMILES string of the molecule is CCC(CC)(C(=O)O)C(Cc1ccc(-c2ccc(C(F)(F)F)cn2)cc1)c1[nH]c2ccc(OCc3nc4ccccc4[nH]c3=O)cc2c1SC(C)(C)C. The van der Waals surface area contributed by atoms with E-state index in [-0.39, 0.29) is 22.6 Å². The molecule has 3 aromatic carbocycles. The van der Waals surface area contributed by atoms with Crippen molar-refractivity contribution < 1.29 is 27.8 Å². The van der Waals surface area contributed by atoms with Crippen LogP contribution in [0.4, 0.5) is 13.2 Å². The number of carbonyl (C=O) groups is 1. The second kappa shape index (κ2) is 14.7. The highest BCUT2D eigenvalue weighted by atomic mass is 32.2. The second-order valence-electron chi connectivity index (χ2n) is 14.2. The van der Waals surface area contributed by atoms with Gasteiger partial charge < -0.3 is 19.8 Å². The van der Waals surface area contributed by atoms with Crippen molar-refractivity contribution in [3.8, 4) is 17.0 Å². The number of aromatic nitrogens is 4. The molecule has 12 heteroatoms. The third-order valence-corrected chi connectivity index (χ3v) is 10.9. The van der Waals surface area contributed by atoms with Crippen molar-refractivity contribution in [2.24, 2.45) is 5.41 Å². The van der Waals surface area contributed by atoms with Gasteiger partial charge in [-0.15, -0.1) is 11.8 Å². The van der Waals surface area contributed by atoms with Gasteiger partial charge in [-0.3, -0.25) is 14.6 Å². The number of aliphatic carboxylic acids is 1.